The maximum absolute atomic E-state index is 12.7. The molecule has 0 unspecified atom stereocenters. The van der Waals surface area contributed by atoms with Crippen molar-refractivity contribution in [3.8, 4) is 23.0 Å². The minimum atomic E-state index is -0.607. The predicted octanol–water partition coefficient (Wildman–Crippen LogP) is 3.12. The number of ether oxygens (including phenoxy) is 4. The number of carbonyl (C=O) groups is 1. The van der Waals surface area contributed by atoms with Gasteiger partial charge in [-0.15, -0.1) is 11.8 Å². The lowest BCUT2D eigenvalue weighted by atomic mass is 10.1. The standard InChI is InChI=1S/C18H16N2O7S/c1-24-10-3-4-12(14(5-10)25-2)19-17(21)8-28-18(19)11-6-15-16(27-9-26-15)7-13(11)20(22)23/h3-7,18H,8-9H2,1-2H3/t18-/m1/s1. The zero-order valence-electron chi connectivity index (χ0n) is 15.0. The van der Waals surface area contributed by atoms with Gasteiger partial charge in [-0.05, 0) is 18.2 Å². The number of methoxy groups -OCH3 is 2. The molecule has 0 spiro atoms. The minimum absolute atomic E-state index is 0.00268. The van der Waals surface area contributed by atoms with Crippen molar-refractivity contribution < 1.29 is 28.7 Å². The Balaban J connectivity index is 1.83. The molecule has 0 saturated carbocycles. The van der Waals surface area contributed by atoms with E-state index < -0.39 is 10.3 Å². The highest BCUT2D eigenvalue weighted by Gasteiger charge is 2.40. The molecule has 4 rings (SSSR count). The number of hydrogen-bond acceptors (Lipinski definition) is 8. The van der Waals surface area contributed by atoms with Crippen molar-refractivity contribution in [1.82, 2.24) is 0 Å². The Morgan fingerprint density at radius 2 is 1.93 bits per heavy atom. The zero-order chi connectivity index (χ0) is 19.8. The molecule has 0 bridgehead atoms. The van der Waals surface area contributed by atoms with Crippen molar-refractivity contribution >= 4 is 29.0 Å². The quantitative estimate of drug-likeness (QED) is 0.554. The fraction of sp³-hybridized carbons (Fsp3) is 0.278. The second-order valence-corrected chi connectivity index (χ2v) is 7.05. The van der Waals surface area contributed by atoms with E-state index in [1.54, 1.807) is 24.3 Å². The Morgan fingerprint density at radius 1 is 1.18 bits per heavy atom. The van der Waals surface area contributed by atoms with Gasteiger partial charge in [0, 0.05) is 6.07 Å². The minimum Gasteiger partial charge on any atom is -0.497 e. The number of benzene rings is 2. The number of fused-ring (bicyclic) bond motifs is 1. The Morgan fingerprint density at radius 3 is 2.61 bits per heavy atom. The topological polar surface area (TPSA) is 100 Å². The molecule has 10 heteroatoms. The number of thioether (sulfide) groups is 1. The van der Waals surface area contributed by atoms with Crippen LogP contribution in [0.5, 0.6) is 23.0 Å². The van der Waals surface area contributed by atoms with Crippen LogP contribution in [0.4, 0.5) is 11.4 Å². The molecule has 0 N–H and O–H groups in total. The van der Waals surface area contributed by atoms with Crippen molar-refractivity contribution in [1.29, 1.82) is 0 Å². The van der Waals surface area contributed by atoms with E-state index in [4.69, 9.17) is 18.9 Å². The first-order valence-corrected chi connectivity index (χ1v) is 9.32. The van der Waals surface area contributed by atoms with Gasteiger partial charge in [0.05, 0.1) is 42.2 Å². The fourth-order valence-electron chi connectivity index (χ4n) is 3.20. The number of rotatable bonds is 5. The van der Waals surface area contributed by atoms with E-state index in [1.165, 1.54) is 36.9 Å². The third-order valence-electron chi connectivity index (χ3n) is 4.50. The Kier molecular flexibility index (Phi) is 4.63. The Hall–Kier alpha value is -3.14. The van der Waals surface area contributed by atoms with E-state index in [9.17, 15) is 14.9 Å². The van der Waals surface area contributed by atoms with Gasteiger partial charge in [-0.25, -0.2) is 0 Å². The van der Waals surface area contributed by atoms with Crippen LogP contribution in [0.2, 0.25) is 0 Å². The molecule has 1 amide bonds. The average molecular weight is 404 g/mol. The molecule has 0 radical (unpaired) electrons. The van der Waals surface area contributed by atoms with Crippen LogP contribution in [-0.4, -0.2) is 37.6 Å². The third-order valence-corrected chi connectivity index (χ3v) is 5.69. The number of anilines is 1. The number of hydrogen-bond donors (Lipinski definition) is 0. The number of nitro benzene ring substituents is 1. The molecule has 2 aliphatic rings. The van der Waals surface area contributed by atoms with Crippen molar-refractivity contribution in [2.45, 2.75) is 5.37 Å². The molecule has 2 heterocycles. The van der Waals surface area contributed by atoms with Crippen LogP contribution in [0.15, 0.2) is 30.3 Å². The van der Waals surface area contributed by atoms with Gasteiger partial charge in [0.25, 0.3) is 5.69 Å². The first-order valence-electron chi connectivity index (χ1n) is 8.27. The van der Waals surface area contributed by atoms with Crippen molar-refractivity contribution in [2.24, 2.45) is 0 Å². The molecule has 1 fully saturated rings. The highest BCUT2D eigenvalue weighted by Crippen LogP contribution is 2.50. The summed E-state index contributed by atoms with van der Waals surface area (Å²) in [6.45, 7) is 0.00268. The fourth-order valence-corrected chi connectivity index (χ4v) is 4.39. The van der Waals surface area contributed by atoms with Crippen LogP contribution >= 0.6 is 11.8 Å². The van der Waals surface area contributed by atoms with E-state index in [1.807, 2.05) is 0 Å². The van der Waals surface area contributed by atoms with E-state index in [2.05, 4.69) is 0 Å². The van der Waals surface area contributed by atoms with Crippen molar-refractivity contribution in [3.05, 3.63) is 46.0 Å². The van der Waals surface area contributed by atoms with E-state index >= 15 is 0 Å². The molecule has 146 valence electrons. The van der Waals surface area contributed by atoms with Crippen LogP contribution < -0.4 is 23.8 Å². The normalized spacial score (nSPS) is 17.7. The zero-order valence-corrected chi connectivity index (χ0v) is 15.9. The number of amides is 1. The third kappa shape index (κ3) is 2.95. The monoisotopic (exact) mass is 404 g/mol. The largest absolute Gasteiger partial charge is 0.497 e. The summed E-state index contributed by atoms with van der Waals surface area (Å²) >= 11 is 1.30. The summed E-state index contributed by atoms with van der Waals surface area (Å²) in [6, 6.07) is 7.98. The van der Waals surface area contributed by atoms with E-state index in [0.29, 0.717) is 34.2 Å². The average Bonchev–Trinajstić information content (AvgIpc) is 3.32. The van der Waals surface area contributed by atoms with Crippen LogP contribution in [0, 0.1) is 10.1 Å². The maximum atomic E-state index is 12.7. The molecule has 2 aromatic carbocycles. The molecule has 1 saturated heterocycles. The van der Waals surface area contributed by atoms with Gasteiger partial charge < -0.3 is 18.9 Å². The smallest absolute Gasteiger partial charge is 0.279 e. The highest BCUT2D eigenvalue weighted by molar-refractivity contribution is 8.00. The van der Waals surface area contributed by atoms with Gasteiger partial charge in [0.1, 0.15) is 16.9 Å². The summed E-state index contributed by atoms with van der Waals surface area (Å²) in [5, 5.41) is 11.1. The lowest BCUT2D eigenvalue weighted by Gasteiger charge is -2.26. The van der Waals surface area contributed by atoms with Crippen LogP contribution in [-0.2, 0) is 4.79 Å². The first-order chi connectivity index (χ1) is 13.5. The Labute approximate surface area is 164 Å². The highest BCUT2D eigenvalue weighted by atomic mass is 32.2. The summed E-state index contributed by atoms with van der Waals surface area (Å²) in [7, 11) is 3.02. The van der Waals surface area contributed by atoms with E-state index in [-0.39, 0.29) is 24.1 Å². The van der Waals surface area contributed by atoms with Crippen molar-refractivity contribution in [2.75, 3.05) is 31.7 Å². The second kappa shape index (κ2) is 7.12. The van der Waals surface area contributed by atoms with Gasteiger partial charge in [0.15, 0.2) is 11.5 Å². The molecule has 0 aliphatic carbocycles. The molecule has 0 aromatic heterocycles. The van der Waals surface area contributed by atoms with Gasteiger partial charge in [-0.2, -0.15) is 0 Å². The first kappa shape index (κ1) is 18.2. The number of nitro groups is 1. The Bertz CT molecular complexity index is 965. The van der Waals surface area contributed by atoms with Crippen molar-refractivity contribution in [3.63, 3.8) is 0 Å². The molecule has 9 nitrogen and oxygen atoms in total. The second-order valence-electron chi connectivity index (χ2n) is 5.99. The SMILES string of the molecule is COc1ccc(N2C(=O)CS[C@@H]2c2cc3c(cc2[N+](=O)[O-])OCO3)c(OC)c1. The van der Waals surface area contributed by atoms with Crippen LogP contribution in [0.1, 0.15) is 10.9 Å². The molecule has 2 aromatic rings. The van der Waals surface area contributed by atoms with E-state index in [0.717, 1.165) is 0 Å². The molecule has 28 heavy (non-hydrogen) atoms. The predicted molar refractivity (Wildman–Crippen MR) is 101 cm³/mol. The summed E-state index contributed by atoms with van der Waals surface area (Å²) in [5.41, 5.74) is 0.743. The number of nitrogens with zero attached hydrogens (tertiary/aromatic N) is 2. The summed E-state index contributed by atoms with van der Waals surface area (Å²) < 4.78 is 21.3. The molecule has 2 aliphatic heterocycles. The molecule has 1 atom stereocenters. The summed E-state index contributed by atoms with van der Waals surface area (Å²) in [6.07, 6.45) is 0. The summed E-state index contributed by atoms with van der Waals surface area (Å²) in [5.74, 6) is 1.76. The van der Waals surface area contributed by atoms with Gasteiger partial charge in [-0.1, -0.05) is 0 Å². The lowest BCUT2D eigenvalue weighted by molar-refractivity contribution is -0.385. The molecular weight excluding hydrogens is 388 g/mol. The van der Waals surface area contributed by atoms with Crippen LogP contribution in [0.25, 0.3) is 0 Å². The lowest BCUT2D eigenvalue weighted by Crippen LogP contribution is -2.28. The summed E-state index contributed by atoms with van der Waals surface area (Å²) in [4.78, 5) is 25.4. The van der Waals surface area contributed by atoms with Crippen LogP contribution in [0.3, 0.4) is 0 Å². The number of carbonyl (C=O) groups excluding carboxylic acids is 1. The molecular formula is C18H16N2O7S. The van der Waals surface area contributed by atoms with Gasteiger partial charge >= 0.3 is 0 Å². The maximum Gasteiger partial charge on any atom is 0.279 e. The van der Waals surface area contributed by atoms with Gasteiger partial charge in [-0.3, -0.25) is 19.8 Å². The van der Waals surface area contributed by atoms with Gasteiger partial charge in [0.2, 0.25) is 12.7 Å².